The van der Waals surface area contributed by atoms with Crippen LogP contribution < -0.4 is 5.32 Å². The van der Waals surface area contributed by atoms with E-state index in [1.54, 1.807) is 20.8 Å². The molecule has 6 heteroatoms. The average Bonchev–Trinajstić information content (AvgIpc) is 2.43. The zero-order valence-electron chi connectivity index (χ0n) is 12.9. The molecule has 1 rings (SSSR count). The van der Waals surface area contributed by atoms with Crippen molar-refractivity contribution >= 4 is 40.6 Å². The van der Waals surface area contributed by atoms with Gasteiger partial charge >= 0.3 is 0 Å². The molecule has 116 valence electrons. The maximum Gasteiger partial charge on any atom is 0.225 e. The van der Waals surface area contributed by atoms with Crippen LogP contribution in [-0.4, -0.2) is 11.1 Å². The third-order valence-electron chi connectivity index (χ3n) is 2.42. The normalized spacial score (nSPS) is 10.0. The van der Waals surface area contributed by atoms with Crippen molar-refractivity contribution in [3.05, 3.63) is 28.5 Å². The Morgan fingerprint density at radius 2 is 2.00 bits per heavy atom. The Bertz CT molecular complexity index is 549. The van der Waals surface area contributed by atoms with Gasteiger partial charge in [0.15, 0.2) is 5.82 Å². The van der Waals surface area contributed by atoms with Gasteiger partial charge in [-0.1, -0.05) is 52.3 Å². The smallest absolute Gasteiger partial charge is 0.225 e. The Hall–Kier alpha value is -1.29. The van der Waals surface area contributed by atoms with E-state index in [2.05, 4.69) is 27.7 Å². The van der Waals surface area contributed by atoms with Gasteiger partial charge in [0, 0.05) is 17.5 Å². The summed E-state index contributed by atoms with van der Waals surface area (Å²) in [5, 5.41) is 4.89. The van der Waals surface area contributed by atoms with Crippen LogP contribution in [0.4, 0.5) is 10.1 Å². The number of rotatable bonds is 3. The lowest BCUT2D eigenvalue weighted by Gasteiger charge is -2.18. The molecule has 0 atom stereocenters. The predicted octanol–water partition coefficient (Wildman–Crippen LogP) is 4.90. The summed E-state index contributed by atoms with van der Waals surface area (Å²) in [6, 6.07) is 3.01. The molecule has 0 spiro atoms. The molecular formula is C15H20ClFN2OS. The molecule has 1 N–H and O–H groups in total. The largest absolute Gasteiger partial charge is 0.351 e. The van der Waals surface area contributed by atoms with Gasteiger partial charge in [-0.3, -0.25) is 4.79 Å². The van der Waals surface area contributed by atoms with E-state index in [0.29, 0.717) is 5.56 Å². The van der Waals surface area contributed by atoms with Crippen LogP contribution in [0.3, 0.4) is 0 Å². The van der Waals surface area contributed by atoms with E-state index in [1.807, 2.05) is 13.8 Å². The summed E-state index contributed by atoms with van der Waals surface area (Å²) >= 11 is 10.2. The topological polar surface area (TPSA) is 41.5 Å². The average molecular weight is 331 g/mol. The monoisotopic (exact) mass is 330 g/mol. The molecule has 1 aromatic carbocycles. The van der Waals surface area contributed by atoms with Crippen molar-refractivity contribution < 1.29 is 9.18 Å². The summed E-state index contributed by atoms with van der Waals surface area (Å²) < 4.78 is 14.1. The minimum atomic E-state index is -0.598. The van der Waals surface area contributed by atoms with Crippen LogP contribution in [0.5, 0.6) is 0 Å². The minimum Gasteiger partial charge on any atom is -0.351 e. The summed E-state index contributed by atoms with van der Waals surface area (Å²) in [5.41, 5.74) is -0.289. The maximum absolute atomic E-state index is 14.1. The first kappa shape index (κ1) is 19.7. The second-order valence-corrected chi connectivity index (χ2v) is 5.59. The lowest BCUT2D eigenvalue weighted by atomic mass is 9.95. The predicted molar refractivity (Wildman–Crippen MR) is 88.7 cm³/mol. The van der Waals surface area contributed by atoms with Crippen molar-refractivity contribution in [3.63, 3.8) is 0 Å². The first-order chi connectivity index (χ1) is 9.77. The van der Waals surface area contributed by atoms with Crippen molar-refractivity contribution in [3.8, 4) is 0 Å². The fraction of sp³-hybridized carbons (Fsp3) is 0.467. The van der Waals surface area contributed by atoms with E-state index in [4.69, 9.17) is 11.6 Å². The molecule has 0 unspecified atom stereocenters. The van der Waals surface area contributed by atoms with E-state index in [-0.39, 0.29) is 23.2 Å². The Morgan fingerprint density at radius 1 is 1.43 bits per heavy atom. The van der Waals surface area contributed by atoms with Gasteiger partial charge in [0.25, 0.3) is 0 Å². The standard InChI is InChI=1S/C13H14ClFN2OS.C2H6/c1-13(2,3)12(18)16-6-8-4-5-9(14)11(10(8)15)17-7-19;1-2/h4-5H,6H2,1-3H3,(H,16,18);1-2H3. The molecule has 0 saturated carbocycles. The van der Waals surface area contributed by atoms with Crippen molar-refractivity contribution in [1.29, 1.82) is 0 Å². The molecule has 0 radical (unpaired) electrons. The van der Waals surface area contributed by atoms with Gasteiger partial charge in [-0.25, -0.2) is 4.39 Å². The van der Waals surface area contributed by atoms with Crippen molar-refractivity contribution in [2.24, 2.45) is 10.4 Å². The molecule has 1 amide bonds. The quantitative estimate of drug-likeness (QED) is 0.632. The highest BCUT2D eigenvalue weighted by atomic mass is 35.5. The van der Waals surface area contributed by atoms with E-state index in [9.17, 15) is 9.18 Å². The van der Waals surface area contributed by atoms with E-state index < -0.39 is 11.2 Å². The third kappa shape index (κ3) is 5.92. The molecular weight excluding hydrogens is 311 g/mol. The van der Waals surface area contributed by atoms with Gasteiger partial charge in [-0.2, -0.15) is 4.99 Å². The summed E-state index contributed by atoms with van der Waals surface area (Å²) in [7, 11) is 0. The Labute approximate surface area is 135 Å². The number of amides is 1. The van der Waals surface area contributed by atoms with Crippen LogP contribution in [0, 0.1) is 11.2 Å². The first-order valence-electron chi connectivity index (χ1n) is 6.60. The lowest BCUT2D eigenvalue weighted by molar-refractivity contribution is -0.128. The number of halogens is 2. The fourth-order valence-corrected chi connectivity index (χ4v) is 1.59. The molecule has 0 aliphatic rings. The summed E-state index contributed by atoms with van der Waals surface area (Å²) in [5.74, 6) is -0.763. The first-order valence-corrected chi connectivity index (χ1v) is 7.39. The number of hydrogen-bond donors (Lipinski definition) is 1. The molecule has 3 nitrogen and oxygen atoms in total. The van der Waals surface area contributed by atoms with Crippen molar-refractivity contribution in [2.45, 2.75) is 41.2 Å². The third-order valence-corrected chi connectivity index (χ3v) is 2.82. The van der Waals surface area contributed by atoms with Gasteiger partial charge in [-0.15, -0.1) is 0 Å². The molecule has 0 bridgehead atoms. The van der Waals surface area contributed by atoms with Crippen LogP contribution in [0.1, 0.15) is 40.2 Å². The van der Waals surface area contributed by atoms with Gasteiger partial charge in [0.2, 0.25) is 5.91 Å². The summed E-state index contributed by atoms with van der Waals surface area (Å²) in [4.78, 5) is 15.3. The Kier molecular flexibility index (Phi) is 8.33. The minimum absolute atomic E-state index is 0.0563. The number of carbonyl (C=O) groups is 1. The number of hydrogen-bond acceptors (Lipinski definition) is 3. The van der Waals surface area contributed by atoms with Gasteiger partial charge in [0.05, 0.1) is 10.2 Å². The number of isothiocyanates is 1. The van der Waals surface area contributed by atoms with Crippen LogP contribution in [0.2, 0.25) is 5.02 Å². The molecule has 0 saturated heterocycles. The Morgan fingerprint density at radius 3 is 2.48 bits per heavy atom. The second-order valence-electron chi connectivity index (χ2n) is 5.00. The SMILES string of the molecule is CC.CC(C)(C)C(=O)NCc1ccc(Cl)c(N=C=S)c1F. The summed E-state index contributed by atoms with van der Waals surface area (Å²) in [6.07, 6.45) is 0. The van der Waals surface area contributed by atoms with E-state index >= 15 is 0 Å². The number of nitrogens with zero attached hydrogens (tertiary/aromatic N) is 1. The number of aliphatic imine (C=N–C) groups is 1. The molecule has 1 aromatic rings. The van der Waals surface area contributed by atoms with Gasteiger partial charge < -0.3 is 5.32 Å². The molecule has 0 fully saturated rings. The summed E-state index contributed by atoms with van der Waals surface area (Å²) in [6.45, 7) is 9.41. The van der Waals surface area contributed by atoms with Gasteiger partial charge in [-0.05, 0) is 18.3 Å². The number of nitrogens with one attached hydrogen (secondary N) is 1. The highest BCUT2D eigenvalue weighted by molar-refractivity contribution is 7.78. The lowest BCUT2D eigenvalue weighted by Crippen LogP contribution is -2.34. The van der Waals surface area contributed by atoms with E-state index in [0.717, 1.165) is 0 Å². The second kappa shape index (κ2) is 8.88. The molecule has 0 aromatic heterocycles. The van der Waals surface area contributed by atoms with Crippen molar-refractivity contribution in [1.82, 2.24) is 5.32 Å². The van der Waals surface area contributed by atoms with Crippen molar-refractivity contribution in [2.75, 3.05) is 0 Å². The maximum atomic E-state index is 14.1. The molecule has 0 heterocycles. The molecule has 0 aliphatic carbocycles. The number of benzene rings is 1. The zero-order chi connectivity index (χ0) is 16.6. The van der Waals surface area contributed by atoms with Crippen LogP contribution >= 0.6 is 23.8 Å². The Balaban J connectivity index is 0.00000191. The highest BCUT2D eigenvalue weighted by Crippen LogP contribution is 2.30. The molecule has 0 aliphatic heterocycles. The highest BCUT2D eigenvalue weighted by Gasteiger charge is 2.21. The number of carbonyl (C=O) groups excluding carboxylic acids is 1. The van der Waals surface area contributed by atoms with Crippen LogP contribution in [0.15, 0.2) is 17.1 Å². The van der Waals surface area contributed by atoms with Gasteiger partial charge in [0.1, 0.15) is 5.69 Å². The van der Waals surface area contributed by atoms with Crippen LogP contribution in [-0.2, 0) is 11.3 Å². The van der Waals surface area contributed by atoms with E-state index in [1.165, 1.54) is 12.1 Å². The zero-order valence-corrected chi connectivity index (χ0v) is 14.5. The molecule has 21 heavy (non-hydrogen) atoms. The van der Waals surface area contributed by atoms with Crippen LogP contribution in [0.25, 0.3) is 0 Å². The fourth-order valence-electron chi connectivity index (χ4n) is 1.31. The number of thiocarbonyl (C=S) groups is 1.